The molecule has 6 heteroatoms. The molecular weight excluding hydrogens is 318 g/mol. The van der Waals surface area contributed by atoms with Gasteiger partial charge in [-0.05, 0) is 25.1 Å². The number of hydrogen-bond donors (Lipinski definition) is 1. The van der Waals surface area contributed by atoms with E-state index in [1.54, 1.807) is 13.0 Å². The molecule has 1 N–H and O–H groups in total. The van der Waals surface area contributed by atoms with E-state index in [0.29, 0.717) is 0 Å². The van der Waals surface area contributed by atoms with E-state index in [9.17, 15) is 9.59 Å². The lowest BCUT2D eigenvalue weighted by Crippen LogP contribution is -2.23. The number of carbonyl (C=O) groups excluding carboxylic acids is 2. The van der Waals surface area contributed by atoms with E-state index in [-0.39, 0.29) is 22.9 Å². The average molecular weight is 332 g/mol. The molecular formula is C12H14BrNO3S. The van der Waals surface area contributed by atoms with Gasteiger partial charge in [-0.3, -0.25) is 9.59 Å². The van der Waals surface area contributed by atoms with Crippen LogP contribution in [0, 0.1) is 0 Å². The van der Waals surface area contributed by atoms with Crippen molar-refractivity contribution in [1.82, 2.24) is 0 Å². The predicted molar refractivity (Wildman–Crippen MR) is 76.7 cm³/mol. The van der Waals surface area contributed by atoms with Gasteiger partial charge in [-0.2, -0.15) is 0 Å². The van der Waals surface area contributed by atoms with Crippen LogP contribution in [0.25, 0.3) is 0 Å². The number of benzene rings is 1. The van der Waals surface area contributed by atoms with E-state index < -0.39 is 0 Å². The van der Waals surface area contributed by atoms with Crippen LogP contribution in [0.4, 0.5) is 5.69 Å². The summed E-state index contributed by atoms with van der Waals surface area (Å²) < 4.78 is 5.41. The molecule has 1 rings (SSSR count). The molecule has 1 atom stereocenters. The number of thioether (sulfide) groups is 1. The minimum Gasteiger partial charge on any atom is -0.468 e. The first-order valence-corrected chi connectivity index (χ1v) is 7.12. The maximum atomic E-state index is 11.8. The van der Waals surface area contributed by atoms with Gasteiger partial charge in [0.25, 0.3) is 0 Å². The Morgan fingerprint density at radius 2 is 2.22 bits per heavy atom. The second-order valence-corrected chi connectivity index (χ2v) is 5.77. The maximum absolute atomic E-state index is 11.8. The maximum Gasteiger partial charge on any atom is 0.315 e. The SMILES string of the molecule is COC(=O)CSC(C)C(=O)Nc1cccc(Br)c1. The molecule has 98 valence electrons. The summed E-state index contributed by atoms with van der Waals surface area (Å²) in [5, 5.41) is 2.47. The van der Waals surface area contributed by atoms with Crippen LogP contribution in [0.2, 0.25) is 0 Å². The van der Waals surface area contributed by atoms with Crippen molar-refractivity contribution in [1.29, 1.82) is 0 Å². The summed E-state index contributed by atoms with van der Waals surface area (Å²) in [5.41, 5.74) is 0.722. The van der Waals surface area contributed by atoms with Crippen molar-refractivity contribution in [3.8, 4) is 0 Å². The Hall–Kier alpha value is -1.01. The van der Waals surface area contributed by atoms with Gasteiger partial charge in [0.05, 0.1) is 18.1 Å². The van der Waals surface area contributed by atoms with Gasteiger partial charge in [-0.1, -0.05) is 22.0 Å². The quantitative estimate of drug-likeness (QED) is 0.843. The highest BCUT2D eigenvalue weighted by Gasteiger charge is 2.15. The third-order valence-corrected chi connectivity index (χ3v) is 3.75. The first-order chi connectivity index (χ1) is 8.52. The molecule has 0 aromatic heterocycles. The smallest absolute Gasteiger partial charge is 0.315 e. The molecule has 0 aliphatic rings. The van der Waals surface area contributed by atoms with Crippen molar-refractivity contribution >= 4 is 45.3 Å². The summed E-state index contributed by atoms with van der Waals surface area (Å²) in [4.78, 5) is 22.8. The van der Waals surface area contributed by atoms with Crippen LogP contribution in [0.15, 0.2) is 28.7 Å². The van der Waals surface area contributed by atoms with Gasteiger partial charge in [0, 0.05) is 10.2 Å². The van der Waals surface area contributed by atoms with E-state index in [1.807, 2.05) is 18.2 Å². The molecule has 0 saturated carbocycles. The van der Waals surface area contributed by atoms with Crippen molar-refractivity contribution in [3.05, 3.63) is 28.7 Å². The largest absolute Gasteiger partial charge is 0.468 e. The molecule has 18 heavy (non-hydrogen) atoms. The molecule has 1 aromatic rings. The van der Waals surface area contributed by atoms with Crippen LogP contribution in [-0.2, 0) is 14.3 Å². The number of hydrogen-bond acceptors (Lipinski definition) is 4. The molecule has 1 amide bonds. The Morgan fingerprint density at radius 1 is 1.50 bits per heavy atom. The number of carbonyl (C=O) groups is 2. The van der Waals surface area contributed by atoms with E-state index in [4.69, 9.17) is 0 Å². The van der Waals surface area contributed by atoms with E-state index in [0.717, 1.165) is 10.2 Å². The van der Waals surface area contributed by atoms with E-state index in [1.165, 1.54) is 18.9 Å². The summed E-state index contributed by atoms with van der Waals surface area (Å²) in [5.74, 6) is -0.298. The molecule has 0 radical (unpaired) electrons. The second-order valence-electron chi connectivity index (χ2n) is 3.53. The van der Waals surface area contributed by atoms with Crippen LogP contribution >= 0.6 is 27.7 Å². The number of halogens is 1. The summed E-state index contributed by atoms with van der Waals surface area (Å²) in [6, 6.07) is 7.34. The van der Waals surface area contributed by atoms with Gasteiger partial charge in [-0.25, -0.2) is 0 Å². The minimum atomic E-state index is -0.331. The minimum absolute atomic E-state index is 0.137. The average Bonchev–Trinajstić information content (AvgIpc) is 2.35. The summed E-state index contributed by atoms with van der Waals surface area (Å²) in [6.45, 7) is 1.75. The molecule has 0 heterocycles. The monoisotopic (exact) mass is 331 g/mol. The lowest BCUT2D eigenvalue weighted by molar-refractivity contribution is -0.137. The van der Waals surface area contributed by atoms with Gasteiger partial charge in [0.15, 0.2) is 0 Å². The Kier molecular flexibility index (Phi) is 6.21. The highest BCUT2D eigenvalue weighted by Crippen LogP contribution is 2.18. The zero-order valence-electron chi connectivity index (χ0n) is 10.1. The summed E-state index contributed by atoms with van der Waals surface area (Å²) >= 11 is 4.57. The van der Waals surface area contributed by atoms with Crippen LogP contribution in [0.3, 0.4) is 0 Å². The molecule has 0 aliphatic heterocycles. The molecule has 0 spiro atoms. The normalized spacial score (nSPS) is 11.7. The highest BCUT2D eigenvalue weighted by molar-refractivity contribution is 9.10. The number of rotatable bonds is 5. The lowest BCUT2D eigenvalue weighted by Gasteiger charge is -2.11. The van der Waals surface area contributed by atoms with Crippen molar-refractivity contribution < 1.29 is 14.3 Å². The molecule has 0 fully saturated rings. The van der Waals surface area contributed by atoms with E-state index >= 15 is 0 Å². The molecule has 1 aromatic carbocycles. The van der Waals surface area contributed by atoms with Crippen molar-refractivity contribution in [2.24, 2.45) is 0 Å². The number of amides is 1. The number of anilines is 1. The van der Waals surface area contributed by atoms with E-state index in [2.05, 4.69) is 26.0 Å². The van der Waals surface area contributed by atoms with Crippen LogP contribution < -0.4 is 5.32 Å². The van der Waals surface area contributed by atoms with Gasteiger partial charge in [0.1, 0.15) is 0 Å². The van der Waals surface area contributed by atoms with Gasteiger partial charge < -0.3 is 10.1 Å². The zero-order valence-corrected chi connectivity index (χ0v) is 12.5. The second kappa shape index (κ2) is 7.43. The topological polar surface area (TPSA) is 55.4 Å². The fourth-order valence-electron chi connectivity index (χ4n) is 1.14. The molecule has 0 aliphatic carbocycles. The third-order valence-electron chi connectivity index (χ3n) is 2.14. The summed E-state index contributed by atoms with van der Waals surface area (Å²) in [7, 11) is 1.33. The number of esters is 1. The lowest BCUT2D eigenvalue weighted by atomic mass is 10.3. The van der Waals surface area contributed by atoms with Crippen molar-refractivity contribution in [2.45, 2.75) is 12.2 Å². The fourth-order valence-corrected chi connectivity index (χ4v) is 2.25. The first-order valence-electron chi connectivity index (χ1n) is 5.27. The number of ether oxygens (including phenoxy) is 1. The highest BCUT2D eigenvalue weighted by atomic mass is 79.9. The first kappa shape index (κ1) is 15.0. The van der Waals surface area contributed by atoms with Gasteiger partial charge >= 0.3 is 5.97 Å². The number of nitrogens with one attached hydrogen (secondary N) is 1. The van der Waals surface area contributed by atoms with Gasteiger partial charge in [0.2, 0.25) is 5.91 Å². The van der Waals surface area contributed by atoms with Gasteiger partial charge in [-0.15, -0.1) is 11.8 Å². The van der Waals surface area contributed by atoms with Crippen LogP contribution in [0.5, 0.6) is 0 Å². The van der Waals surface area contributed by atoms with Crippen molar-refractivity contribution in [3.63, 3.8) is 0 Å². The Labute approximate surface area is 119 Å². The zero-order chi connectivity index (χ0) is 13.5. The van der Waals surface area contributed by atoms with Crippen LogP contribution in [-0.4, -0.2) is 30.0 Å². The predicted octanol–water partition coefficient (Wildman–Crippen LogP) is 2.68. The Balaban J connectivity index is 2.47. The molecule has 0 bridgehead atoms. The van der Waals surface area contributed by atoms with Crippen LogP contribution in [0.1, 0.15) is 6.92 Å². The third kappa shape index (κ3) is 5.10. The number of methoxy groups -OCH3 is 1. The molecule has 0 saturated heterocycles. The standard InChI is InChI=1S/C12H14BrNO3S/c1-8(18-7-11(15)17-2)12(16)14-10-5-3-4-9(13)6-10/h3-6,8H,7H2,1-2H3,(H,14,16). The molecule has 4 nitrogen and oxygen atoms in total. The van der Waals surface area contributed by atoms with Crippen molar-refractivity contribution in [2.75, 3.05) is 18.2 Å². The fraction of sp³-hybridized carbons (Fsp3) is 0.333. The Bertz CT molecular complexity index is 439. The summed E-state index contributed by atoms with van der Waals surface area (Å²) in [6.07, 6.45) is 0. The Morgan fingerprint density at radius 3 is 2.83 bits per heavy atom. The molecule has 1 unspecified atom stereocenters.